The lowest BCUT2D eigenvalue weighted by Crippen LogP contribution is -2.38. The summed E-state index contributed by atoms with van der Waals surface area (Å²) < 4.78 is 11.1. The molecule has 5 heterocycles. The van der Waals surface area contributed by atoms with Gasteiger partial charge in [-0.25, -0.2) is 4.98 Å². The van der Waals surface area contributed by atoms with Gasteiger partial charge in [0.2, 0.25) is 17.7 Å². The molecule has 9 nitrogen and oxygen atoms in total. The van der Waals surface area contributed by atoms with Crippen molar-refractivity contribution in [3.63, 3.8) is 0 Å². The van der Waals surface area contributed by atoms with Gasteiger partial charge in [0, 0.05) is 37.6 Å². The summed E-state index contributed by atoms with van der Waals surface area (Å²) in [5.74, 6) is 2.82. The van der Waals surface area contributed by atoms with Crippen LogP contribution in [0.1, 0.15) is 37.4 Å². The summed E-state index contributed by atoms with van der Waals surface area (Å²) in [6.45, 7) is 6.06. The number of anilines is 2. The molecular weight excluding hydrogens is 382 g/mol. The van der Waals surface area contributed by atoms with E-state index in [9.17, 15) is 0 Å². The van der Waals surface area contributed by atoms with Crippen molar-refractivity contribution in [2.75, 3.05) is 42.6 Å². The van der Waals surface area contributed by atoms with Crippen LogP contribution >= 0.6 is 0 Å². The number of aryl methyl sites for hydroxylation is 1. The van der Waals surface area contributed by atoms with Crippen LogP contribution < -0.4 is 9.80 Å². The Balaban J connectivity index is 1.44. The van der Waals surface area contributed by atoms with Crippen LogP contribution in [0.2, 0.25) is 0 Å². The van der Waals surface area contributed by atoms with Crippen molar-refractivity contribution < 1.29 is 9.26 Å². The van der Waals surface area contributed by atoms with Gasteiger partial charge in [0.25, 0.3) is 0 Å². The fourth-order valence-corrected chi connectivity index (χ4v) is 3.97. The fraction of sp³-hybridized carbons (Fsp3) is 0.476. The number of pyridine rings is 1. The first-order valence-electron chi connectivity index (χ1n) is 10.5. The zero-order valence-electron chi connectivity index (χ0n) is 17.1. The number of nitrogens with zero attached hydrogens (tertiary/aromatic N) is 7. The van der Waals surface area contributed by atoms with E-state index in [4.69, 9.17) is 19.2 Å². The number of hydrogen-bond acceptors (Lipinski definition) is 9. The van der Waals surface area contributed by atoms with Gasteiger partial charge in [-0.15, -0.1) is 0 Å². The third-order valence-electron chi connectivity index (χ3n) is 5.58. The number of hydrogen-bond donors (Lipinski definition) is 0. The lowest BCUT2D eigenvalue weighted by molar-refractivity contribution is 0.122. The van der Waals surface area contributed by atoms with Crippen molar-refractivity contribution in [3.8, 4) is 11.5 Å². The zero-order chi connectivity index (χ0) is 20.3. The number of aromatic nitrogens is 5. The summed E-state index contributed by atoms with van der Waals surface area (Å²) in [5, 5.41) is 4.15. The normalized spacial score (nSPS) is 19.4. The summed E-state index contributed by atoms with van der Waals surface area (Å²) in [6.07, 6.45) is 4.58. The predicted octanol–water partition coefficient (Wildman–Crippen LogP) is 2.66. The van der Waals surface area contributed by atoms with Gasteiger partial charge in [-0.2, -0.15) is 9.97 Å². The van der Waals surface area contributed by atoms with Crippen LogP contribution in [-0.4, -0.2) is 57.9 Å². The molecule has 0 N–H and O–H groups in total. The molecule has 2 saturated heterocycles. The van der Waals surface area contributed by atoms with E-state index >= 15 is 0 Å². The van der Waals surface area contributed by atoms with Crippen LogP contribution in [0, 0.1) is 0 Å². The van der Waals surface area contributed by atoms with Gasteiger partial charge in [-0.3, -0.25) is 4.98 Å². The first-order valence-corrected chi connectivity index (χ1v) is 10.5. The van der Waals surface area contributed by atoms with Gasteiger partial charge in [0.05, 0.1) is 13.2 Å². The zero-order valence-corrected chi connectivity index (χ0v) is 17.1. The van der Waals surface area contributed by atoms with Crippen LogP contribution in [0.5, 0.6) is 0 Å². The second kappa shape index (κ2) is 8.35. The Hall–Kier alpha value is -3.07. The van der Waals surface area contributed by atoms with Crippen molar-refractivity contribution >= 4 is 11.8 Å². The van der Waals surface area contributed by atoms with E-state index in [0.717, 1.165) is 56.4 Å². The molecule has 9 heteroatoms. The summed E-state index contributed by atoms with van der Waals surface area (Å²) in [4.78, 5) is 23.1. The Kier molecular flexibility index (Phi) is 5.27. The second-order valence-corrected chi connectivity index (χ2v) is 7.49. The first-order chi connectivity index (χ1) is 14.8. The topological polar surface area (TPSA) is 93.3 Å². The molecule has 0 bridgehead atoms. The molecule has 0 unspecified atom stereocenters. The van der Waals surface area contributed by atoms with Gasteiger partial charge in [-0.1, -0.05) is 18.1 Å². The van der Waals surface area contributed by atoms with Crippen molar-refractivity contribution in [2.45, 2.75) is 32.2 Å². The standard InChI is InChI=1S/C21H25N7O2/c1-2-15-14-18(24-21(23-15)27-10-12-29-13-11-27)28-9-5-7-17(28)20-25-19(26-30-20)16-6-3-4-8-22-16/h3-4,6,8,14,17H,2,5,7,9-13H2,1H3/t17-/m0/s1. The molecule has 2 fully saturated rings. The highest BCUT2D eigenvalue weighted by atomic mass is 16.5. The molecule has 1 atom stereocenters. The number of ether oxygens (including phenoxy) is 1. The van der Waals surface area contributed by atoms with Crippen molar-refractivity contribution in [2.24, 2.45) is 0 Å². The van der Waals surface area contributed by atoms with E-state index < -0.39 is 0 Å². The second-order valence-electron chi connectivity index (χ2n) is 7.49. The quantitative estimate of drug-likeness (QED) is 0.633. The third kappa shape index (κ3) is 3.72. The average Bonchev–Trinajstić information content (AvgIpc) is 3.50. The first kappa shape index (κ1) is 18.9. The predicted molar refractivity (Wildman–Crippen MR) is 111 cm³/mol. The van der Waals surface area contributed by atoms with Crippen LogP contribution in [-0.2, 0) is 11.2 Å². The minimum atomic E-state index is 0.00658. The SMILES string of the molecule is CCc1cc(N2CCC[C@H]2c2nc(-c3ccccn3)no2)nc(N2CCOCC2)n1. The lowest BCUT2D eigenvalue weighted by atomic mass is 10.2. The van der Waals surface area contributed by atoms with E-state index in [-0.39, 0.29) is 6.04 Å². The van der Waals surface area contributed by atoms with Crippen LogP contribution in [0.4, 0.5) is 11.8 Å². The molecule has 156 valence electrons. The molecule has 2 aliphatic heterocycles. The largest absolute Gasteiger partial charge is 0.378 e. The van der Waals surface area contributed by atoms with E-state index in [2.05, 4.69) is 37.9 Å². The Labute approximate surface area is 175 Å². The third-order valence-corrected chi connectivity index (χ3v) is 5.58. The molecule has 0 saturated carbocycles. The van der Waals surface area contributed by atoms with Crippen molar-refractivity contribution in [3.05, 3.63) is 42.0 Å². The van der Waals surface area contributed by atoms with Crippen LogP contribution in [0.25, 0.3) is 11.5 Å². The highest BCUT2D eigenvalue weighted by molar-refractivity contribution is 5.50. The Morgan fingerprint density at radius 2 is 2.00 bits per heavy atom. The summed E-state index contributed by atoms with van der Waals surface area (Å²) in [5.41, 5.74) is 1.74. The van der Waals surface area contributed by atoms with E-state index in [1.807, 2.05) is 18.2 Å². The number of morpholine rings is 1. The minimum Gasteiger partial charge on any atom is -0.378 e. The number of rotatable bonds is 5. The lowest BCUT2D eigenvalue weighted by Gasteiger charge is -2.29. The summed E-state index contributed by atoms with van der Waals surface area (Å²) >= 11 is 0. The maximum atomic E-state index is 5.64. The molecule has 3 aromatic rings. The van der Waals surface area contributed by atoms with Gasteiger partial charge >= 0.3 is 0 Å². The van der Waals surface area contributed by atoms with E-state index in [1.165, 1.54) is 0 Å². The molecule has 30 heavy (non-hydrogen) atoms. The monoisotopic (exact) mass is 407 g/mol. The van der Waals surface area contributed by atoms with Gasteiger partial charge in [0.15, 0.2) is 0 Å². The summed E-state index contributed by atoms with van der Waals surface area (Å²) in [6, 6.07) is 7.76. The Morgan fingerprint density at radius 1 is 1.10 bits per heavy atom. The maximum Gasteiger partial charge on any atom is 0.249 e. The highest BCUT2D eigenvalue weighted by Crippen LogP contribution is 2.36. The Morgan fingerprint density at radius 3 is 2.80 bits per heavy atom. The molecule has 0 aliphatic carbocycles. The maximum absolute atomic E-state index is 5.64. The van der Waals surface area contributed by atoms with Gasteiger partial charge < -0.3 is 19.1 Å². The van der Waals surface area contributed by atoms with Gasteiger partial charge in [-0.05, 0) is 31.4 Å². The van der Waals surface area contributed by atoms with Crippen molar-refractivity contribution in [1.29, 1.82) is 0 Å². The molecule has 0 spiro atoms. The van der Waals surface area contributed by atoms with E-state index in [0.29, 0.717) is 30.6 Å². The fourth-order valence-electron chi connectivity index (χ4n) is 3.97. The molecule has 0 radical (unpaired) electrons. The van der Waals surface area contributed by atoms with Crippen LogP contribution in [0.3, 0.4) is 0 Å². The minimum absolute atomic E-state index is 0.00658. The Bertz CT molecular complexity index is 988. The highest BCUT2D eigenvalue weighted by Gasteiger charge is 2.33. The molecular formula is C21H25N7O2. The summed E-state index contributed by atoms with van der Waals surface area (Å²) in [7, 11) is 0. The van der Waals surface area contributed by atoms with Gasteiger partial charge in [0.1, 0.15) is 17.6 Å². The smallest absolute Gasteiger partial charge is 0.249 e. The van der Waals surface area contributed by atoms with Crippen molar-refractivity contribution in [1.82, 2.24) is 25.1 Å². The molecule has 5 rings (SSSR count). The molecule has 0 aromatic carbocycles. The molecule has 2 aliphatic rings. The molecule has 0 amide bonds. The molecule has 3 aromatic heterocycles. The average molecular weight is 407 g/mol. The van der Waals surface area contributed by atoms with E-state index in [1.54, 1.807) is 6.20 Å². The van der Waals surface area contributed by atoms with Crippen LogP contribution in [0.15, 0.2) is 35.0 Å².